The fraction of sp³-hybridized carbons (Fsp3) is 0.538. The van der Waals surface area contributed by atoms with Gasteiger partial charge in [0.25, 0.3) is 0 Å². The van der Waals surface area contributed by atoms with Crippen molar-refractivity contribution < 1.29 is 4.74 Å². The molecule has 1 N–H and O–H groups in total. The Balaban J connectivity index is 2.18. The number of nitrogens with one attached hydrogen (secondary N) is 1. The Morgan fingerprint density at radius 2 is 2.06 bits per heavy atom. The summed E-state index contributed by atoms with van der Waals surface area (Å²) in [7, 11) is 4.14. The number of rotatable bonds is 7. The van der Waals surface area contributed by atoms with Crippen LogP contribution < -0.4 is 10.1 Å². The lowest BCUT2D eigenvalue weighted by Gasteiger charge is -2.11. The SMILES string of the molecule is Cc1ccc(OCCNCCN(C)C)c(Br)c1. The third-order valence-electron chi connectivity index (χ3n) is 2.36. The van der Waals surface area contributed by atoms with E-state index < -0.39 is 0 Å². The molecule has 0 heterocycles. The van der Waals surface area contributed by atoms with E-state index in [0.717, 1.165) is 29.9 Å². The average Bonchev–Trinajstić information content (AvgIpc) is 2.25. The van der Waals surface area contributed by atoms with Gasteiger partial charge in [0.15, 0.2) is 0 Å². The van der Waals surface area contributed by atoms with E-state index in [-0.39, 0.29) is 0 Å². The molecule has 3 nitrogen and oxygen atoms in total. The second-order valence-electron chi connectivity index (χ2n) is 4.34. The van der Waals surface area contributed by atoms with Crippen LogP contribution in [0.5, 0.6) is 5.75 Å². The highest BCUT2D eigenvalue weighted by Crippen LogP contribution is 2.25. The van der Waals surface area contributed by atoms with Gasteiger partial charge >= 0.3 is 0 Å². The summed E-state index contributed by atoms with van der Waals surface area (Å²) < 4.78 is 6.70. The summed E-state index contributed by atoms with van der Waals surface area (Å²) in [5.74, 6) is 0.907. The molecular weight excluding hydrogens is 280 g/mol. The van der Waals surface area contributed by atoms with Gasteiger partial charge in [-0.05, 0) is 54.6 Å². The predicted molar refractivity (Wildman–Crippen MR) is 75.8 cm³/mol. The topological polar surface area (TPSA) is 24.5 Å². The maximum atomic E-state index is 5.68. The highest BCUT2D eigenvalue weighted by Gasteiger charge is 2.00. The smallest absolute Gasteiger partial charge is 0.133 e. The van der Waals surface area contributed by atoms with Crippen LogP contribution in [-0.4, -0.2) is 45.2 Å². The summed E-state index contributed by atoms with van der Waals surface area (Å²) in [5, 5.41) is 3.34. The van der Waals surface area contributed by atoms with Crippen LogP contribution in [0.2, 0.25) is 0 Å². The molecule has 4 heteroatoms. The van der Waals surface area contributed by atoms with Crippen LogP contribution in [0.25, 0.3) is 0 Å². The third kappa shape index (κ3) is 6.05. The van der Waals surface area contributed by atoms with Gasteiger partial charge in [-0.3, -0.25) is 0 Å². The molecule has 0 saturated carbocycles. The fourth-order valence-electron chi connectivity index (χ4n) is 1.38. The van der Waals surface area contributed by atoms with E-state index in [1.165, 1.54) is 5.56 Å². The standard InChI is InChI=1S/C13H21BrN2O/c1-11-4-5-13(12(14)10-11)17-9-7-15-6-8-16(2)3/h4-5,10,15H,6-9H2,1-3H3. The van der Waals surface area contributed by atoms with Gasteiger partial charge in [-0.15, -0.1) is 0 Å². The Kier molecular flexibility index (Phi) is 6.55. The highest BCUT2D eigenvalue weighted by atomic mass is 79.9. The molecule has 0 aliphatic heterocycles. The summed E-state index contributed by atoms with van der Waals surface area (Å²) in [4.78, 5) is 2.16. The van der Waals surface area contributed by atoms with E-state index in [0.29, 0.717) is 6.61 Å². The Labute approximate surface area is 112 Å². The number of likely N-dealkylation sites (N-methyl/N-ethyl adjacent to an activating group) is 1. The Morgan fingerprint density at radius 3 is 2.71 bits per heavy atom. The van der Waals surface area contributed by atoms with E-state index in [1.54, 1.807) is 0 Å². The van der Waals surface area contributed by atoms with Crippen molar-refractivity contribution in [1.29, 1.82) is 0 Å². The largest absolute Gasteiger partial charge is 0.491 e. The first-order valence-electron chi connectivity index (χ1n) is 5.84. The molecule has 0 bridgehead atoms. The van der Waals surface area contributed by atoms with Crippen LogP contribution in [-0.2, 0) is 0 Å². The number of ether oxygens (including phenoxy) is 1. The van der Waals surface area contributed by atoms with Crippen molar-refractivity contribution in [1.82, 2.24) is 10.2 Å². The van der Waals surface area contributed by atoms with Gasteiger partial charge in [0, 0.05) is 19.6 Å². The first-order chi connectivity index (χ1) is 8.09. The molecule has 0 saturated heterocycles. The molecule has 0 amide bonds. The molecule has 17 heavy (non-hydrogen) atoms. The minimum atomic E-state index is 0.690. The van der Waals surface area contributed by atoms with Crippen molar-refractivity contribution >= 4 is 15.9 Å². The number of halogens is 1. The minimum Gasteiger partial charge on any atom is -0.491 e. The fourth-order valence-corrected chi connectivity index (χ4v) is 1.99. The number of nitrogens with zero attached hydrogens (tertiary/aromatic N) is 1. The van der Waals surface area contributed by atoms with Crippen LogP contribution in [0.15, 0.2) is 22.7 Å². The molecule has 0 radical (unpaired) electrons. The van der Waals surface area contributed by atoms with Gasteiger partial charge in [-0.1, -0.05) is 6.07 Å². The number of hydrogen-bond acceptors (Lipinski definition) is 3. The second kappa shape index (κ2) is 7.69. The van der Waals surface area contributed by atoms with Crippen molar-refractivity contribution in [3.05, 3.63) is 28.2 Å². The molecule has 1 rings (SSSR count). The zero-order chi connectivity index (χ0) is 12.7. The molecule has 0 fully saturated rings. The first kappa shape index (κ1) is 14.5. The van der Waals surface area contributed by atoms with Gasteiger partial charge in [0.2, 0.25) is 0 Å². The Morgan fingerprint density at radius 1 is 1.29 bits per heavy atom. The van der Waals surface area contributed by atoms with Crippen molar-refractivity contribution in [2.45, 2.75) is 6.92 Å². The lowest BCUT2D eigenvalue weighted by atomic mass is 10.2. The van der Waals surface area contributed by atoms with Crippen LogP contribution in [0, 0.1) is 6.92 Å². The Bertz CT molecular complexity index is 342. The van der Waals surface area contributed by atoms with Gasteiger partial charge in [-0.2, -0.15) is 0 Å². The lowest BCUT2D eigenvalue weighted by molar-refractivity contribution is 0.306. The van der Waals surface area contributed by atoms with Crippen molar-refractivity contribution in [2.75, 3.05) is 40.3 Å². The molecule has 0 aliphatic rings. The zero-order valence-electron chi connectivity index (χ0n) is 10.8. The van der Waals surface area contributed by atoms with Gasteiger partial charge in [0.1, 0.15) is 12.4 Å². The van der Waals surface area contributed by atoms with Crippen LogP contribution in [0.4, 0.5) is 0 Å². The van der Waals surface area contributed by atoms with E-state index in [2.05, 4.69) is 59.3 Å². The van der Waals surface area contributed by atoms with Crippen molar-refractivity contribution in [2.24, 2.45) is 0 Å². The van der Waals surface area contributed by atoms with Crippen LogP contribution >= 0.6 is 15.9 Å². The van der Waals surface area contributed by atoms with Crippen LogP contribution in [0.3, 0.4) is 0 Å². The zero-order valence-corrected chi connectivity index (χ0v) is 12.4. The molecule has 0 spiro atoms. The predicted octanol–water partition coefficient (Wildman–Crippen LogP) is 2.29. The van der Waals surface area contributed by atoms with Crippen molar-refractivity contribution in [3.63, 3.8) is 0 Å². The summed E-state index contributed by atoms with van der Waals surface area (Å²) in [6.45, 7) is 5.67. The molecule has 0 aromatic heterocycles. The minimum absolute atomic E-state index is 0.690. The molecule has 1 aromatic rings. The monoisotopic (exact) mass is 300 g/mol. The normalized spacial score (nSPS) is 10.9. The van der Waals surface area contributed by atoms with Crippen molar-refractivity contribution in [3.8, 4) is 5.75 Å². The second-order valence-corrected chi connectivity index (χ2v) is 5.19. The lowest BCUT2D eigenvalue weighted by Crippen LogP contribution is -2.29. The van der Waals surface area contributed by atoms with Gasteiger partial charge in [0.05, 0.1) is 4.47 Å². The molecule has 0 unspecified atom stereocenters. The number of benzene rings is 1. The summed E-state index contributed by atoms with van der Waals surface area (Å²) in [5.41, 5.74) is 1.23. The maximum Gasteiger partial charge on any atom is 0.133 e. The van der Waals surface area contributed by atoms with E-state index in [4.69, 9.17) is 4.74 Å². The van der Waals surface area contributed by atoms with Gasteiger partial charge < -0.3 is 15.0 Å². The maximum absolute atomic E-state index is 5.68. The molecule has 1 aromatic carbocycles. The quantitative estimate of drug-likeness (QED) is 0.782. The molecule has 96 valence electrons. The number of aryl methyl sites for hydroxylation is 1. The summed E-state index contributed by atoms with van der Waals surface area (Å²) >= 11 is 3.50. The number of hydrogen-bond donors (Lipinski definition) is 1. The molecule has 0 atom stereocenters. The van der Waals surface area contributed by atoms with E-state index in [1.807, 2.05) is 6.07 Å². The summed E-state index contributed by atoms with van der Waals surface area (Å²) in [6, 6.07) is 6.12. The van der Waals surface area contributed by atoms with E-state index >= 15 is 0 Å². The third-order valence-corrected chi connectivity index (χ3v) is 2.98. The molecule has 0 aliphatic carbocycles. The Hall–Kier alpha value is -0.580. The summed E-state index contributed by atoms with van der Waals surface area (Å²) in [6.07, 6.45) is 0. The average molecular weight is 301 g/mol. The first-order valence-corrected chi connectivity index (χ1v) is 6.63. The van der Waals surface area contributed by atoms with Crippen LogP contribution in [0.1, 0.15) is 5.56 Å². The van der Waals surface area contributed by atoms with E-state index in [9.17, 15) is 0 Å². The van der Waals surface area contributed by atoms with Gasteiger partial charge in [-0.25, -0.2) is 0 Å². The molecular formula is C13H21BrN2O. The highest BCUT2D eigenvalue weighted by molar-refractivity contribution is 9.10.